The number of carbonyl (C=O) groups is 1. The summed E-state index contributed by atoms with van der Waals surface area (Å²) in [4.78, 5) is 15.0. The Morgan fingerprint density at radius 1 is 1.13 bits per heavy atom. The van der Waals surface area contributed by atoms with E-state index in [1.807, 2.05) is 18.2 Å². The summed E-state index contributed by atoms with van der Waals surface area (Å²) in [7, 11) is 1.34. The molecular formula is C23H28F2N2O3. The summed E-state index contributed by atoms with van der Waals surface area (Å²) in [6, 6.07) is 12.2. The van der Waals surface area contributed by atoms with Crippen LogP contribution in [0, 0.1) is 5.92 Å². The lowest BCUT2D eigenvalue weighted by atomic mass is 9.98. The van der Waals surface area contributed by atoms with Gasteiger partial charge in [-0.3, -0.25) is 9.69 Å². The second kappa shape index (κ2) is 10.4. The maximum absolute atomic E-state index is 12.6. The van der Waals surface area contributed by atoms with Gasteiger partial charge in [-0.2, -0.15) is 8.78 Å². The van der Waals surface area contributed by atoms with Crippen LogP contribution in [0.5, 0.6) is 11.5 Å². The van der Waals surface area contributed by atoms with E-state index in [9.17, 15) is 13.6 Å². The number of benzene rings is 2. The average molecular weight is 418 g/mol. The topological polar surface area (TPSA) is 50.8 Å². The summed E-state index contributed by atoms with van der Waals surface area (Å²) in [6.07, 6.45) is 2.43. The zero-order valence-corrected chi connectivity index (χ0v) is 17.4. The predicted molar refractivity (Wildman–Crippen MR) is 111 cm³/mol. The number of alkyl halides is 2. The molecule has 0 saturated carbocycles. The molecule has 2 aromatic carbocycles. The summed E-state index contributed by atoms with van der Waals surface area (Å²) in [5.74, 6) is 0.455. The molecule has 1 N–H and O–H groups in total. The fraction of sp³-hybridized carbons (Fsp3) is 0.435. The monoisotopic (exact) mass is 418 g/mol. The number of nitrogens with zero attached hydrogens (tertiary/aromatic N) is 1. The van der Waals surface area contributed by atoms with Crippen molar-refractivity contribution in [2.24, 2.45) is 5.92 Å². The van der Waals surface area contributed by atoms with Crippen LogP contribution in [0.3, 0.4) is 0 Å². The Morgan fingerprint density at radius 3 is 2.50 bits per heavy atom. The molecule has 2 aromatic rings. The molecule has 0 unspecified atom stereocenters. The minimum atomic E-state index is -2.96. The van der Waals surface area contributed by atoms with Crippen LogP contribution in [-0.4, -0.2) is 37.6 Å². The van der Waals surface area contributed by atoms with Gasteiger partial charge in [-0.1, -0.05) is 31.2 Å². The molecule has 0 aromatic heterocycles. The van der Waals surface area contributed by atoms with E-state index in [0.717, 1.165) is 31.1 Å². The number of hydrogen-bond donors (Lipinski definition) is 1. The molecule has 1 amide bonds. The summed E-state index contributed by atoms with van der Waals surface area (Å²) in [5, 5.41) is 2.91. The van der Waals surface area contributed by atoms with Gasteiger partial charge >= 0.3 is 6.61 Å². The first kappa shape index (κ1) is 22.0. The fourth-order valence-electron chi connectivity index (χ4n) is 3.63. The third-order valence-electron chi connectivity index (χ3n) is 5.47. The maximum Gasteiger partial charge on any atom is 0.387 e. The number of halogens is 2. The van der Waals surface area contributed by atoms with E-state index in [-0.39, 0.29) is 17.4 Å². The van der Waals surface area contributed by atoms with Crippen LogP contribution in [0.4, 0.5) is 8.78 Å². The minimum Gasteiger partial charge on any atom is -0.493 e. The lowest BCUT2D eigenvalue weighted by Crippen LogP contribution is -2.33. The smallest absolute Gasteiger partial charge is 0.387 e. The lowest BCUT2D eigenvalue weighted by Gasteiger charge is -2.30. The van der Waals surface area contributed by atoms with Gasteiger partial charge in [0, 0.05) is 18.7 Å². The normalized spacial score (nSPS) is 15.2. The van der Waals surface area contributed by atoms with E-state index < -0.39 is 6.61 Å². The molecule has 1 fully saturated rings. The Labute approximate surface area is 176 Å². The third kappa shape index (κ3) is 5.92. The van der Waals surface area contributed by atoms with Crippen LogP contribution in [0.25, 0.3) is 0 Å². The molecule has 162 valence electrons. The number of amides is 1. The van der Waals surface area contributed by atoms with Gasteiger partial charge in [0.05, 0.1) is 7.11 Å². The van der Waals surface area contributed by atoms with Gasteiger partial charge in [0.25, 0.3) is 5.91 Å². The zero-order valence-electron chi connectivity index (χ0n) is 17.4. The van der Waals surface area contributed by atoms with Crippen LogP contribution in [0.2, 0.25) is 0 Å². The van der Waals surface area contributed by atoms with Gasteiger partial charge in [0.1, 0.15) is 0 Å². The van der Waals surface area contributed by atoms with E-state index in [1.165, 1.54) is 43.7 Å². The first-order valence-electron chi connectivity index (χ1n) is 10.2. The van der Waals surface area contributed by atoms with Crippen LogP contribution >= 0.6 is 0 Å². The van der Waals surface area contributed by atoms with Crippen molar-refractivity contribution in [3.63, 3.8) is 0 Å². The number of piperidine rings is 1. The highest BCUT2D eigenvalue weighted by Crippen LogP contribution is 2.29. The van der Waals surface area contributed by atoms with Crippen molar-refractivity contribution in [3.8, 4) is 11.5 Å². The molecule has 30 heavy (non-hydrogen) atoms. The Kier molecular flexibility index (Phi) is 7.63. The second-order valence-corrected chi connectivity index (χ2v) is 7.65. The van der Waals surface area contributed by atoms with Crippen LogP contribution < -0.4 is 14.8 Å². The molecule has 5 nitrogen and oxygen atoms in total. The number of carbonyl (C=O) groups excluding carboxylic acids is 1. The number of hydrogen-bond acceptors (Lipinski definition) is 4. The van der Waals surface area contributed by atoms with Crippen molar-refractivity contribution in [1.82, 2.24) is 10.2 Å². The Hall–Kier alpha value is -2.67. The Morgan fingerprint density at radius 2 is 1.83 bits per heavy atom. The fourth-order valence-corrected chi connectivity index (χ4v) is 3.63. The van der Waals surface area contributed by atoms with Crippen LogP contribution in [0.15, 0.2) is 42.5 Å². The van der Waals surface area contributed by atoms with E-state index >= 15 is 0 Å². The molecule has 1 saturated heterocycles. The molecule has 0 spiro atoms. The standard InChI is InChI=1S/C23H28F2N2O3/c1-16-9-11-27(12-10-16)15-19-6-4-3-5-18(19)14-26-22(28)17-7-8-20(30-23(24)25)21(13-17)29-2/h3-8,13,16,23H,9-12,14-15H2,1-2H3,(H,26,28). The highest BCUT2D eigenvalue weighted by atomic mass is 19.3. The molecule has 7 heteroatoms. The highest BCUT2D eigenvalue weighted by Gasteiger charge is 2.18. The van der Waals surface area contributed by atoms with Gasteiger partial charge < -0.3 is 14.8 Å². The van der Waals surface area contributed by atoms with E-state index in [0.29, 0.717) is 12.1 Å². The van der Waals surface area contributed by atoms with E-state index in [4.69, 9.17) is 4.74 Å². The molecular weight excluding hydrogens is 390 g/mol. The van der Waals surface area contributed by atoms with Crippen molar-refractivity contribution < 1.29 is 23.0 Å². The number of likely N-dealkylation sites (tertiary alicyclic amines) is 1. The van der Waals surface area contributed by atoms with Gasteiger partial charge in [0.15, 0.2) is 11.5 Å². The number of ether oxygens (including phenoxy) is 2. The van der Waals surface area contributed by atoms with Crippen molar-refractivity contribution in [2.75, 3.05) is 20.2 Å². The van der Waals surface area contributed by atoms with Crippen LogP contribution in [-0.2, 0) is 13.1 Å². The Bertz CT molecular complexity index is 852. The first-order valence-corrected chi connectivity index (χ1v) is 10.2. The third-order valence-corrected chi connectivity index (χ3v) is 5.47. The molecule has 0 aliphatic carbocycles. The Balaban J connectivity index is 1.63. The number of nitrogens with one attached hydrogen (secondary N) is 1. The SMILES string of the molecule is COc1cc(C(=O)NCc2ccccc2CN2CCC(C)CC2)ccc1OC(F)F. The summed E-state index contributed by atoms with van der Waals surface area (Å²) in [5.41, 5.74) is 2.58. The molecule has 1 aliphatic heterocycles. The highest BCUT2D eigenvalue weighted by molar-refractivity contribution is 5.94. The van der Waals surface area contributed by atoms with Crippen molar-refractivity contribution in [3.05, 3.63) is 59.2 Å². The quantitative estimate of drug-likeness (QED) is 0.688. The molecule has 1 heterocycles. The first-order chi connectivity index (χ1) is 14.5. The van der Waals surface area contributed by atoms with E-state index in [1.54, 1.807) is 0 Å². The minimum absolute atomic E-state index is 0.0858. The van der Waals surface area contributed by atoms with Crippen molar-refractivity contribution in [2.45, 2.75) is 39.5 Å². The second-order valence-electron chi connectivity index (χ2n) is 7.65. The van der Waals surface area contributed by atoms with Gasteiger partial charge in [-0.25, -0.2) is 0 Å². The summed E-state index contributed by atoms with van der Waals surface area (Å²) in [6.45, 7) is 2.77. The molecule has 0 bridgehead atoms. The predicted octanol–water partition coefficient (Wildman–Crippen LogP) is 4.46. The molecule has 0 radical (unpaired) electrons. The van der Waals surface area contributed by atoms with Gasteiger partial charge in [-0.05, 0) is 61.2 Å². The number of methoxy groups -OCH3 is 1. The summed E-state index contributed by atoms with van der Waals surface area (Å²) < 4.78 is 34.4. The zero-order chi connectivity index (χ0) is 21.5. The summed E-state index contributed by atoms with van der Waals surface area (Å²) >= 11 is 0. The maximum atomic E-state index is 12.6. The van der Waals surface area contributed by atoms with Crippen molar-refractivity contribution >= 4 is 5.91 Å². The van der Waals surface area contributed by atoms with E-state index in [2.05, 4.69) is 27.9 Å². The van der Waals surface area contributed by atoms with Gasteiger partial charge in [-0.15, -0.1) is 0 Å². The molecule has 0 atom stereocenters. The largest absolute Gasteiger partial charge is 0.493 e. The number of rotatable bonds is 8. The van der Waals surface area contributed by atoms with Crippen LogP contribution in [0.1, 0.15) is 41.3 Å². The van der Waals surface area contributed by atoms with Gasteiger partial charge in [0.2, 0.25) is 0 Å². The average Bonchev–Trinajstić information content (AvgIpc) is 2.74. The lowest BCUT2D eigenvalue weighted by molar-refractivity contribution is -0.0512. The molecule has 3 rings (SSSR count). The van der Waals surface area contributed by atoms with Crippen molar-refractivity contribution in [1.29, 1.82) is 0 Å². The molecule has 1 aliphatic rings.